The van der Waals surface area contributed by atoms with E-state index in [1.165, 1.54) is 0 Å². The van der Waals surface area contributed by atoms with E-state index >= 15 is 0 Å². The molecule has 24 heavy (non-hydrogen) atoms. The van der Waals surface area contributed by atoms with E-state index in [0.29, 0.717) is 26.2 Å². The molecule has 1 saturated heterocycles. The minimum absolute atomic E-state index is 0.0515. The molecule has 0 spiro atoms. The molecule has 1 amide bonds. The number of aromatic nitrogens is 4. The monoisotopic (exact) mass is 330 g/mol. The molecule has 0 aromatic carbocycles. The van der Waals surface area contributed by atoms with Gasteiger partial charge in [0.2, 0.25) is 5.91 Å². The molecule has 1 fully saturated rings. The number of hydrogen-bond acceptors (Lipinski definition) is 6. The molecule has 0 aliphatic carbocycles. The summed E-state index contributed by atoms with van der Waals surface area (Å²) in [6.45, 7) is 3.13. The molecule has 0 bridgehead atoms. The fourth-order valence-electron chi connectivity index (χ4n) is 3.05. The summed E-state index contributed by atoms with van der Waals surface area (Å²) in [5.41, 5.74) is 0. The lowest BCUT2D eigenvalue weighted by Crippen LogP contribution is -2.37. The van der Waals surface area contributed by atoms with E-state index in [0.717, 1.165) is 12.4 Å². The van der Waals surface area contributed by atoms with Crippen molar-refractivity contribution in [2.45, 2.75) is 6.54 Å². The summed E-state index contributed by atoms with van der Waals surface area (Å²) < 4.78 is 7.10. The Balaban J connectivity index is 1.58. The normalized spacial score (nSPS) is 20.3. The fraction of sp³-hybridized carbons (Fsp3) is 0.500. The number of hydrogen-bond donors (Lipinski definition) is 1. The van der Waals surface area contributed by atoms with Gasteiger partial charge >= 0.3 is 0 Å². The van der Waals surface area contributed by atoms with Gasteiger partial charge in [-0.25, -0.2) is 4.98 Å². The van der Waals surface area contributed by atoms with Crippen LogP contribution in [0.4, 0.5) is 5.82 Å². The third-order valence-corrected chi connectivity index (χ3v) is 4.23. The molecule has 1 aliphatic rings. The van der Waals surface area contributed by atoms with Crippen molar-refractivity contribution in [2.75, 3.05) is 38.3 Å². The Hall–Kier alpha value is -2.48. The topological polar surface area (TPSA) is 85.2 Å². The summed E-state index contributed by atoms with van der Waals surface area (Å²) in [6, 6.07) is 1.87. The van der Waals surface area contributed by atoms with Gasteiger partial charge < -0.3 is 15.0 Å². The standard InChI is InChI=1S/C16H22N6O2/c1-24-12-13-10-21(15-9-17-4-5-18-15)11-14(13)16(23)19-6-8-22-7-2-3-20-22/h2-5,7,9,13-14H,6,8,10-12H2,1H3,(H,19,23)/t13-,14+/m0/s1. The lowest BCUT2D eigenvalue weighted by Gasteiger charge is -2.17. The Bertz CT molecular complexity index is 633. The number of carbonyl (C=O) groups excluding carboxylic acids is 1. The highest BCUT2D eigenvalue weighted by Gasteiger charge is 2.38. The highest BCUT2D eigenvalue weighted by atomic mass is 16.5. The molecule has 2 aromatic heterocycles. The number of nitrogens with zero attached hydrogens (tertiary/aromatic N) is 5. The zero-order valence-corrected chi connectivity index (χ0v) is 13.7. The van der Waals surface area contributed by atoms with Gasteiger partial charge in [-0.3, -0.25) is 14.5 Å². The molecule has 0 saturated carbocycles. The van der Waals surface area contributed by atoms with Gasteiger partial charge in [0.05, 0.1) is 25.3 Å². The summed E-state index contributed by atoms with van der Waals surface area (Å²) in [4.78, 5) is 23.1. The predicted octanol–water partition coefficient (Wildman–Crippen LogP) is 0.188. The van der Waals surface area contributed by atoms with Crippen LogP contribution in [0.1, 0.15) is 0 Å². The third-order valence-electron chi connectivity index (χ3n) is 4.23. The number of anilines is 1. The Morgan fingerprint density at radius 1 is 1.38 bits per heavy atom. The highest BCUT2D eigenvalue weighted by molar-refractivity contribution is 5.80. The third kappa shape index (κ3) is 3.88. The van der Waals surface area contributed by atoms with Crippen LogP contribution in [-0.4, -0.2) is 59.0 Å². The van der Waals surface area contributed by atoms with Crippen LogP contribution >= 0.6 is 0 Å². The van der Waals surface area contributed by atoms with Gasteiger partial charge in [-0.1, -0.05) is 0 Å². The summed E-state index contributed by atoms with van der Waals surface area (Å²) in [5, 5.41) is 7.13. The number of methoxy groups -OCH3 is 1. The highest BCUT2D eigenvalue weighted by Crippen LogP contribution is 2.27. The largest absolute Gasteiger partial charge is 0.384 e. The van der Waals surface area contributed by atoms with Crippen LogP contribution in [0.25, 0.3) is 0 Å². The molecule has 8 nitrogen and oxygen atoms in total. The van der Waals surface area contributed by atoms with Crippen molar-refractivity contribution in [1.82, 2.24) is 25.1 Å². The number of rotatable bonds is 7. The van der Waals surface area contributed by atoms with Gasteiger partial charge in [-0.2, -0.15) is 5.10 Å². The van der Waals surface area contributed by atoms with Gasteiger partial charge in [0.1, 0.15) is 5.82 Å². The van der Waals surface area contributed by atoms with Crippen LogP contribution in [0.3, 0.4) is 0 Å². The Kier molecular flexibility index (Phi) is 5.37. The molecule has 1 N–H and O–H groups in total. The first-order valence-corrected chi connectivity index (χ1v) is 8.03. The quantitative estimate of drug-likeness (QED) is 0.780. The molecule has 1 aliphatic heterocycles. The minimum atomic E-state index is -0.121. The molecule has 2 aromatic rings. The van der Waals surface area contributed by atoms with Crippen LogP contribution in [0, 0.1) is 11.8 Å². The van der Waals surface area contributed by atoms with E-state index in [9.17, 15) is 4.79 Å². The second kappa shape index (κ2) is 7.87. The van der Waals surface area contributed by atoms with Crippen LogP contribution in [0.2, 0.25) is 0 Å². The van der Waals surface area contributed by atoms with E-state index in [-0.39, 0.29) is 17.7 Å². The molecule has 0 unspecified atom stereocenters. The number of nitrogens with one attached hydrogen (secondary N) is 1. The number of carbonyl (C=O) groups is 1. The van der Waals surface area contributed by atoms with Gasteiger partial charge in [0.25, 0.3) is 0 Å². The molecule has 128 valence electrons. The zero-order chi connectivity index (χ0) is 16.8. The first-order valence-electron chi connectivity index (χ1n) is 8.03. The van der Waals surface area contributed by atoms with Crippen molar-refractivity contribution in [3.05, 3.63) is 37.1 Å². The lowest BCUT2D eigenvalue weighted by atomic mass is 9.96. The van der Waals surface area contributed by atoms with Crippen molar-refractivity contribution in [1.29, 1.82) is 0 Å². The number of ether oxygens (including phenoxy) is 1. The Morgan fingerprint density at radius 3 is 3.00 bits per heavy atom. The fourth-order valence-corrected chi connectivity index (χ4v) is 3.05. The van der Waals surface area contributed by atoms with E-state index < -0.39 is 0 Å². The summed E-state index contributed by atoms with van der Waals surface area (Å²) in [7, 11) is 1.66. The molecule has 8 heteroatoms. The smallest absolute Gasteiger partial charge is 0.225 e. The first kappa shape index (κ1) is 16.4. The molecular weight excluding hydrogens is 308 g/mol. The molecular formula is C16H22N6O2. The van der Waals surface area contributed by atoms with Crippen molar-refractivity contribution in [2.24, 2.45) is 11.8 Å². The zero-order valence-electron chi connectivity index (χ0n) is 13.7. The van der Waals surface area contributed by atoms with Crippen LogP contribution in [0.5, 0.6) is 0 Å². The van der Waals surface area contributed by atoms with E-state index in [4.69, 9.17) is 4.74 Å². The summed E-state index contributed by atoms with van der Waals surface area (Å²) >= 11 is 0. The summed E-state index contributed by atoms with van der Waals surface area (Å²) in [6.07, 6.45) is 8.64. The Morgan fingerprint density at radius 2 is 2.29 bits per heavy atom. The molecule has 0 radical (unpaired) electrons. The second-order valence-electron chi connectivity index (χ2n) is 5.85. The van der Waals surface area contributed by atoms with Crippen LogP contribution in [-0.2, 0) is 16.1 Å². The maximum atomic E-state index is 12.6. The van der Waals surface area contributed by atoms with Crippen LogP contribution in [0.15, 0.2) is 37.1 Å². The number of amides is 1. The van der Waals surface area contributed by atoms with Gasteiger partial charge in [-0.05, 0) is 6.07 Å². The first-order chi connectivity index (χ1) is 11.8. The molecule has 3 heterocycles. The second-order valence-corrected chi connectivity index (χ2v) is 5.85. The average molecular weight is 330 g/mol. The van der Waals surface area contributed by atoms with E-state index in [1.807, 2.05) is 12.3 Å². The van der Waals surface area contributed by atoms with Gasteiger partial charge in [0.15, 0.2) is 0 Å². The van der Waals surface area contributed by atoms with Crippen molar-refractivity contribution < 1.29 is 9.53 Å². The maximum absolute atomic E-state index is 12.6. The molecule has 2 atom stereocenters. The van der Waals surface area contributed by atoms with Crippen LogP contribution < -0.4 is 10.2 Å². The van der Waals surface area contributed by atoms with Crippen molar-refractivity contribution in [3.63, 3.8) is 0 Å². The van der Waals surface area contributed by atoms with E-state index in [1.54, 1.807) is 36.6 Å². The molecule has 3 rings (SSSR count). The van der Waals surface area contributed by atoms with Crippen molar-refractivity contribution in [3.8, 4) is 0 Å². The maximum Gasteiger partial charge on any atom is 0.225 e. The Labute approximate surface area is 140 Å². The van der Waals surface area contributed by atoms with Crippen molar-refractivity contribution >= 4 is 11.7 Å². The lowest BCUT2D eigenvalue weighted by molar-refractivity contribution is -0.126. The van der Waals surface area contributed by atoms with E-state index in [2.05, 4.69) is 25.3 Å². The minimum Gasteiger partial charge on any atom is -0.384 e. The summed E-state index contributed by atoms with van der Waals surface area (Å²) in [5.74, 6) is 0.868. The average Bonchev–Trinajstić information content (AvgIpc) is 3.26. The predicted molar refractivity (Wildman–Crippen MR) is 88.3 cm³/mol. The SMILES string of the molecule is COC[C@@H]1CN(c2cnccn2)C[C@H]1C(=O)NCCn1cccn1. The van der Waals surface area contributed by atoms with Gasteiger partial charge in [0, 0.05) is 57.4 Å². The van der Waals surface area contributed by atoms with Gasteiger partial charge in [-0.15, -0.1) is 0 Å².